The van der Waals surface area contributed by atoms with Crippen LogP contribution in [0.4, 0.5) is 5.69 Å². The van der Waals surface area contributed by atoms with Crippen molar-refractivity contribution in [2.45, 2.75) is 13.5 Å². The number of hydrogen-bond donors (Lipinski definition) is 1. The predicted molar refractivity (Wildman–Crippen MR) is 90.7 cm³/mol. The highest BCUT2D eigenvalue weighted by molar-refractivity contribution is 9.10. The molecule has 114 valence electrons. The molecule has 0 saturated carbocycles. The molecule has 0 aliphatic heterocycles. The van der Waals surface area contributed by atoms with Crippen molar-refractivity contribution in [3.63, 3.8) is 0 Å². The normalized spacial score (nSPS) is 10.1. The SMILES string of the molecule is CC(=O)N(C)Cc1ccccc1NC(=O)c1ccccc1Br. The van der Waals surface area contributed by atoms with Gasteiger partial charge in [0.1, 0.15) is 0 Å². The zero-order chi connectivity index (χ0) is 16.1. The van der Waals surface area contributed by atoms with Crippen LogP contribution in [0.1, 0.15) is 22.8 Å². The van der Waals surface area contributed by atoms with E-state index in [0.717, 1.165) is 10.0 Å². The molecule has 2 aromatic rings. The Morgan fingerprint density at radius 3 is 2.41 bits per heavy atom. The fraction of sp³-hybridized carbons (Fsp3) is 0.176. The standard InChI is InChI=1S/C17H17BrN2O2/c1-12(21)20(2)11-13-7-3-6-10-16(13)19-17(22)14-8-4-5-9-15(14)18/h3-10H,11H2,1-2H3,(H,19,22). The summed E-state index contributed by atoms with van der Waals surface area (Å²) >= 11 is 3.37. The number of amides is 2. The number of nitrogens with one attached hydrogen (secondary N) is 1. The molecule has 0 radical (unpaired) electrons. The third-order valence-electron chi connectivity index (χ3n) is 3.33. The Morgan fingerprint density at radius 1 is 1.09 bits per heavy atom. The summed E-state index contributed by atoms with van der Waals surface area (Å²) in [6.07, 6.45) is 0. The van der Waals surface area contributed by atoms with Crippen LogP contribution in [0, 0.1) is 0 Å². The molecule has 2 aromatic carbocycles. The van der Waals surface area contributed by atoms with E-state index in [-0.39, 0.29) is 11.8 Å². The smallest absolute Gasteiger partial charge is 0.256 e. The van der Waals surface area contributed by atoms with E-state index < -0.39 is 0 Å². The number of carbonyl (C=O) groups excluding carboxylic acids is 2. The van der Waals surface area contributed by atoms with Crippen LogP contribution in [0.3, 0.4) is 0 Å². The van der Waals surface area contributed by atoms with Gasteiger partial charge >= 0.3 is 0 Å². The largest absolute Gasteiger partial charge is 0.342 e. The van der Waals surface area contributed by atoms with Crippen molar-refractivity contribution in [1.82, 2.24) is 4.90 Å². The van der Waals surface area contributed by atoms with Gasteiger partial charge in [-0.05, 0) is 39.7 Å². The maximum Gasteiger partial charge on any atom is 0.256 e. The van der Waals surface area contributed by atoms with E-state index in [1.54, 1.807) is 18.0 Å². The summed E-state index contributed by atoms with van der Waals surface area (Å²) < 4.78 is 0.742. The van der Waals surface area contributed by atoms with Crippen LogP contribution in [0.2, 0.25) is 0 Å². The Hall–Kier alpha value is -2.14. The lowest BCUT2D eigenvalue weighted by Gasteiger charge is -2.18. The first-order chi connectivity index (χ1) is 10.5. The molecule has 2 rings (SSSR count). The van der Waals surface area contributed by atoms with E-state index in [2.05, 4.69) is 21.2 Å². The molecule has 0 spiro atoms. The monoisotopic (exact) mass is 360 g/mol. The second kappa shape index (κ2) is 7.22. The Kier molecular flexibility index (Phi) is 5.33. The van der Waals surface area contributed by atoms with E-state index in [4.69, 9.17) is 0 Å². The summed E-state index contributed by atoms with van der Waals surface area (Å²) in [5, 5.41) is 2.91. The molecular formula is C17H17BrN2O2. The molecule has 0 aliphatic rings. The zero-order valence-electron chi connectivity index (χ0n) is 12.5. The molecular weight excluding hydrogens is 344 g/mol. The van der Waals surface area contributed by atoms with Gasteiger partial charge in [0.15, 0.2) is 0 Å². The van der Waals surface area contributed by atoms with Crippen molar-refractivity contribution in [2.24, 2.45) is 0 Å². The fourth-order valence-electron chi connectivity index (χ4n) is 1.98. The quantitative estimate of drug-likeness (QED) is 0.903. The van der Waals surface area contributed by atoms with Crippen molar-refractivity contribution in [3.05, 3.63) is 64.1 Å². The number of rotatable bonds is 4. The minimum atomic E-state index is -0.189. The minimum absolute atomic E-state index is 0.0214. The van der Waals surface area contributed by atoms with E-state index in [9.17, 15) is 9.59 Å². The first-order valence-corrected chi connectivity index (χ1v) is 7.64. The van der Waals surface area contributed by atoms with E-state index in [1.165, 1.54) is 6.92 Å². The van der Waals surface area contributed by atoms with Crippen molar-refractivity contribution >= 4 is 33.4 Å². The van der Waals surface area contributed by atoms with Crippen molar-refractivity contribution < 1.29 is 9.59 Å². The van der Waals surface area contributed by atoms with Gasteiger partial charge in [0.2, 0.25) is 5.91 Å². The molecule has 0 heterocycles. The number of halogens is 1. The molecule has 0 bridgehead atoms. The molecule has 4 nitrogen and oxygen atoms in total. The van der Waals surface area contributed by atoms with Gasteiger partial charge in [0.25, 0.3) is 5.91 Å². The van der Waals surface area contributed by atoms with Crippen LogP contribution in [0.15, 0.2) is 53.0 Å². The highest BCUT2D eigenvalue weighted by atomic mass is 79.9. The summed E-state index contributed by atoms with van der Waals surface area (Å²) in [6.45, 7) is 1.96. The summed E-state index contributed by atoms with van der Waals surface area (Å²) in [5.74, 6) is -0.211. The highest BCUT2D eigenvalue weighted by Gasteiger charge is 2.13. The Bertz CT molecular complexity index is 701. The second-order valence-electron chi connectivity index (χ2n) is 4.97. The topological polar surface area (TPSA) is 49.4 Å². The number of carbonyl (C=O) groups is 2. The lowest BCUT2D eigenvalue weighted by Crippen LogP contribution is -2.24. The van der Waals surface area contributed by atoms with Crippen LogP contribution in [0.25, 0.3) is 0 Å². The van der Waals surface area contributed by atoms with Crippen LogP contribution < -0.4 is 5.32 Å². The Labute approximate surface area is 138 Å². The van der Waals surface area contributed by atoms with E-state index in [1.807, 2.05) is 42.5 Å². The number of para-hydroxylation sites is 1. The minimum Gasteiger partial charge on any atom is -0.342 e. The van der Waals surface area contributed by atoms with Gasteiger partial charge in [-0.3, -0.25) is 9.59 Å². The summed E-state index contributed by atoms with van der Waals surface area (Å²) in [6, 6.07) is 14.7. The van der Waals surface area contributed by atoms with Gasteiger partial charge < -0.3 is 10.2 Å². The van der Waals surface area contributed by atoms with Gasteiger partial charge in [-0.25, -0.2) is 0 Å². The highest BCUT2D eigenvalue weighted by Crippen LogP contribution is 2.21. The van der Waals surface area contributed by atoms with Gasteiger partial charge in [0.05, 0.1) is 5.56 Å². The molecule has 0 saturated heterocycles. The maximum atomic E-state index is 12.4. The van der Waals surface area contributed by atoms with Crippen molar-refractivity contribution in [1.29, 1.82) is 0 Å². The molecule has 22 heavy (non-hydrogen) atoms. The van der Waals surface area contributed by atoms with Crippen LogP contribution in [0.5, 0.6) is 0 Å². The maximum absolute atomic E-state index is 12.4. The van der Waals surface area contributed by atoms with E-state index in [0.29, 0.717) is 17.8 Å². The molecule has 0 unspecified atom stereocenters. The molecule has 5 heteroatoms. The number of hydrogen-bond acceptors (Lipinski definition) is 2. The summed E-state index contributed by atoms with van der Waals surface area (Å²) in [4.78, 5) is 25.4. The number of nitrogens with zero attached hydrogens (tertiary/aromatic N) is 1. The van der Waals surface area contributed by atoms with Crippen LogP contribution in [-0.4, -0.2) is 23.8 Å². The third kappa shape index (κ3) is 3.95. The van der Waals surface area contributed by atoms with Crippen molar-refractivity contribution in [2.75, 3.05) is 12.4 Å². The molecule has 0 atom stereocenters. The molecule has 2 amide bonds. The lowest BCUT2D eigenvalue weighted by atomic mass is 10.1. The van der Waals surface area contributed by atoms with E-state index >= 15 is 0 Å². The molecule has 0 aliphatic carbocycles. The third-order valence-corrected chi connectivity index (χ3v) is 4.02. The summed E-state index contributed by atoms with van der Waals surface area (Å²) in [7, 11) is 1.73. The number of anilines is 1. The van der Waals surface area contributed by atoms with Gasteiger partial charge in [-0.15, -0.1) is 0 Å². The molecule has 0 fully saturated rings. The average Bonchev–Trinajstić information content (AvgIpc) is 2.49. The first kappa shape index (κ1) is 16.2. The van der Waals surface area contributed by atoms with Crippen molar-refractivity contribution in [3.8, 4) is 0 Å². The zero-order valence-corrected chi connectivity index (χ0v) is 14.1. The first-order valence-electron chi connectivity index (χ1n) is 6.84. The lowest BCUT2D eigenvalue weighted by molar-refractivity contribution is -0.128. The Morgan fingerprint density at radius 2 is 1.73 bits per heavy atom. The van der Waals surface area contributed by atoms with Gasteiger partial charge in [0, 0.05) is 30.7 Å². The van der Waals surface area contributed by atoms with Gasteiger partial charge in [-0.2, -0.15) is 0 Å². The Balaban J connectivity index is 2.21. The van der Waals surface area contributed by atoms with Crippen LogP contribution in [-0.2, 0) is 11.3 Å². The van der Waals surface area contributed by atoms with Crippen LogP contribution >= 0.6 is 15.9 Å². The van der Waals surface area contributed by atoms with Gasteiger partial charge in [-0.1, -0.05) is 30.3 Å². The number of benzene rings is 2. The average molecular weight is 361 g/mol. The fourth-order valence-corrected chi connectivity index (χ4v) is 2.45. The summed E-state index contributed by atoms with van der Waals surface area (Å²) in [5.41, 5.74) is 2.16. The molecule has 1 N–H and O–H groups in total. The molecule has 0 aromatic heterocycles. The second-order valence-corrected chi connectivity index (χ2v) is 5.82. The predicted octanol–water partition coefficient (Wildman–Crippen LogP) is 3.68.